The van der Waals surface area contributed by atoms with Crippen LogP contribution in [0, 0.1) is 0 Å². The Morgan fingerprint density at radius 3 is 2.48 bits per heavy atom. The zero-order valence-electron chi connectivity index (χ0n) is 12.2. The van der Waals surface area contributed by atoms with Crippen LogP contribution in [0.15, 0.2) is 24.3 Å². The molecule has 2 atom stereocenters. The van der Waals surface area contributed by atoms with Gasteiger partial charge in [-0.25, -0.2) is 0 Å². The number of hydrogen-bond acceptors (Lipinski definition) is 2. The van der Waals surface area contributed by atoms with Crippen molar-refractivity contribution in [2.24, 2.45) is 0 Å². The van der Waals surface area contributed by atoms with Gasteiger partial charge >= 0.3 is 6.18 Å². The molecule has 2 fully saturated rings. The Hall–Kier alpha value is -1.07. The molecular formula is C16H21F3N2. The van der Waals surface area contributed by atoms with Crippen molar-refractivity contribution in [1.82, 2.24) is 10.2 Å². The Bertz CT molecular complexity index is 487. The third-order valence-corrected chi connectivity index (χ3v) is 4.95. The molecule has 0 aliphatic carbocycles. The number of halogens is 3. The second kappa shape index (κ2) is 5.61. The van der Waals surface area contributed by atoms with Gasteiger partial charge in [-0.1, -0.05) is 18.2 Å². The van der Waals surface area contributed by atoms with Crippen LogP contribution >= 0.6 is 0 Å². The van der Waals surface area contributed by atoms with Crippen molar-refractivity contribution in [3.05, 3.63) is 35.4 Å². The van der Waals surface area contributed by atoms with Crippen LogP contribution in [0.25, 0.3) is 0 Å². The number of benzene rings is 1. The quantitative estimate of drug-likeness (QED) is 0.920. The molecule has 3 rings (SSSR count). The van der Waals surface area contributed by atoms with Gasteiger partial charge in [0.15, 0.2) is 0 Å². The van der Waals surface area contributed by atoms with Crippen molar-refractivity contribution in [3.8, 4) is 0 Å². The highest BCUT2D eigenvalue weighted by molar-refractivity contribution is 5.25. The molecule has 0 radical (unpaired) electrons. The maximum absolute atomic E-state index is 12.7. The van der Waals surface area contributed by atoms with E-state index in [1.807, 2.05) is 0 Å². The molecule has 2 nitrogen and oxygen atoms in total. The number of alkyl halides is 3. The number of hydrogen-bond donors (Lipinski definition) is 1. The Morgan fingerprint density at radius 1 is 1.19 bits per heavy atom. The van der Waals surface area contributed by atoms with Crippen molar-refractivity contribution >= 4 is 0 Å². The summed E-state index contributed by atoms with van der Waals surface area (Å²) >= 11 is 0. The lowest BCUT2D eigenvalue weighted by molar-refractivity contribution is -0.137. The van der Waals surface area contributed by atoms with Gasteiger partial charge in [0.05, 0.1) is 5.56 Å². The molecule has 2 unspecified atom stereocenters. The normalized spacial score (nSPS) is 29.8. The van der Waals surface area contributed by atoms with Crippen LogP contribution in [-0.2, 0) is 12.7 Å². The van der Waals surface area contributed by atoms with Crippen molar-refractivity contribution in [1.29, 1.82) is 0 Å². The van der Waals surface area contributed by atoms with Gasteiger partial charge in [0, 0.05) is 24.7 Å². The first kappa shape index (κ1) is 14.9. The zero-order valence-corrected chi connectivity index (χ0v) is 12.2. The van der Waals surface area contributed by atoms with Gasteiger partial charge in [0.25, 0.3) is 0 Å². The lowest BCUT2D eigenvalue weighted by Gasteiger charge is -2.36. The summed E-state index contributed by atoms with van der Waals surface area (Å²) in [5, 5.41) is 3.44. The smallest absolute Gasteiger partial charge is 0.310 e. The standard InChI is InChI=1S/C16H21F3N2/c1-21-14-5-6-15(21)9-13(8-14)20-10-11-3-2-4-12(7-11)16(17,18)19/h2-4,7,13-15,20H,5-6,8-10H2,1H3. The van der Waals surface area contributed by atoms with Crippen LogP contribution in [0.4, 0.5) is 13.2 Å². The summed E-state index contributed by atoms with van der Waals surface area (Å²) in [7, 11) is 2.19. The molecule has 0 amide bonds. The third kappa shape index (κ3) is 3.24. The molecule has 5 heteroatoms. The van der Waals surface area contributed by atoms with Crippen LogP contribution in [-0.4, -0.2) is 30.1 Å². The van der Waals surface area contributed by atoms with E-state index in [9.17, 15) is 13.2 Å². The summed E-state index contributed by atoms with van der Waals surface area (Å²) in [6.07, 6.45) is 0.451. The number of fused-ring (bicyclic) bond motifs is 2. The summed E-state index contributed by atoms with van der Waals surface area (Å²) in [6, 6.07) is 7.32. The van der Waals surface area contributed by atoms with E-state index in [2.05, 4.69) is 17.3 Å². The fourth-order valence-electron chi connectivity index (χ4n) is 3.70. The molecule has 0 saturated carbocycles. The highest BCUT2D eigenvalue weighted by Gasteiger charge is 2.38. The summed E-state index contributed by atoms with van der Waals surface area (Å²) in [5.41, 5.74) is 0.140. The Balaban J connectivity index is 1.59. The Morgan fingerprint density at radius 2 is 1.86 bits per heavy atom. The average Bonchev–Trinajstić information content (AvgIpc) is 2.66. The van der Waals surface area contributed by atoms with Crippen LogP contribution < -0.4 is 5.32 Å². The molecule has 2 saturated heterocycles. The summed E-state index contributed by atoms with van der Waals surface area (Å²) in [4.78, 5) is 2.46. The van der Waals surface area contributed by atoms with E-state index in [0.29, 0.717) is 30.2 Å². The monoisotopic (exact) mass is 298 g/mol. The lowest BCUT2D eigenvalue weighted by Crippen LogP contribution is -2.46. The van der Waals surface area contributed by atoms with E-state index in [1.54, 1.807) is 6.07 Å². The molecule has 0 aromatic heterocycles. The van der Waals surface area contributed by atoms with Gasteiger partial charge in [-0.05, 0) is 44.4 Å². The van der Waals surface area contributed by atoms with Crippen molar-refractivity contribution in [3.63, 3.8) is 0 Å². The second-order valence-electron chi connectivity index (χ2n) is 6.30. The molecule has 2 aliphatic heterocycles. The fourth-order valence-corrected chi connectivity index (χ4v) is 3.70. The zero-order chi connectivity index (χ0) is 15.0. The Labute approximate surface area is 123 Å². The largest absolute Gasteiger partial charge is 0.416 e. The van der Waals surface area contributed by atoms with Gasteiger partial charge < -0.3 is 10.2 Å². The minimum atomic E-state index is -4.26. The van der Waals surface area contributed by atoms with Crippen molar-refractivity contribution in [2.75, 3.05) is 7.05 Å². The minimum absolute atomic E-state index is 0.424. The van der Waals surface area contributed by atoms with Crippen LogP contribution in [0.1, 0.15) is 36.8 Å². The van der Waals surface area contributed by atoms with E-state index in [1.165, 1.54) is 25.0 Å². The van der Waals surface area contributed by atoms with Gasteiger partial charge in [-0.15, -0.1) is 0 Å². The molecule has 116 valence electrons. The fraction of sp³-hybridized carbons (Fsp3) is 0.625. The lowest BCUT2D eigenvalue weighted by atomic mass is 9.97. The molecule has 0 spiro atoms. The molecule has 2 heterocycles. The van der Waals surface area contributed by atoms with Gasteiger partial charge in [0.2, 0.25) is 0 Å². The first-order chi connectivity index (χ1) is 9.93. The number of rotatable bonds is 3. The molecule has 21 heavy (non-hydrogen) atoms. The molecule has 2 bridgehead atoms. The molecule has 1 N–H and O–H groups in total. The average molecular weight is 298 g/mol. The highest BCUT2D eigenvalue weighted by atomic mass is 19.4. The van der Waals surface area contributed by atoms with E-state index < -0.39 is 11.7 Å². The third-order valence-electron chi connectivity index (χ3n) is 4.95. The van der Waals surface area contributed by atoms with Gasteiger partial charge in [0.1, 0.15) is 0 Å². The molecular weight excluding hydrogens is 277 g/mol. The van der Waals surface area contributed by atoms with E-state index in [0.717, 1.165) is 18.9 Å². The summed E-state index contributed by atoms with van der Waals surface area (Å²) in [5.74, 6) is 0. The predicted molar refractivity (Wildman–Crippen MR) is 75.9 cm³/mol. The first-order valence-electron chi connectivity index (χ1n) is 7.55. The van der Waals surface area contributed by atoms with E-state index in [-0.39, 0.29) is 0 Å². The SMILES string of the molecule is CN1C2CCC1CC(NCc1cccc(C(F)(F)F)c1)C2. The highest BCUT2D eigenvalue weighted by Crippen LogP contribution is 2.34. The van der Waals surface area contributed by atoms with Crippen LogP contribution in [0.5, 0.6) is 0 Å². The maximum Gasteiger partial charge on any atom is 0.416 e. The molecule has 1 aromatic rings. The van der Waals surface area contributed by atoms with Crippen LogP contribution in [0.3, 0.4) is 0 Å². The maximum atomic E-state index is 12.7. The van der Waals surface area contributed by atoms with Gasteiger partial charge in [-0.2, -0.15) is 13.2 Å². The number of nitrogens with zero attached hydrogens (tertiary/aromatic N) is 1. The second-order valence-corrected chi connectivity index (χ2v) is 6.30. The van der Waals surface area contributed by atoms with Crippen molar-refractivity contribution in [2.45, 2.75) is 56.5 Å². The van der Waals surface area contributed by atoms with Crippen molar-refractivity contribution < 1.29 is 13.2 Å². The van der Waals surface area contributed by atoms with Gasteiger partial charge in [-0.3, -0.25) is 0 Å². The summed E-state index contributed by atoms with van der Waals surface area (Å²) in [6.45, 7) is 0.512. The molecule has 1 aromatic carbocycles. The predicted octanol–water partition coefficient (Wildman–Crippen LogP) is 3.42. The minimum Gasteiger partial charge on any atom is -0.310 e. The molecule has 2 aliphatic rings. The number of nitrogens with one attached hydrogen (secondary N) is 1. The van der Waals surface area contributed by atoms with E-state index >= 15 is 0 Å². The number of piperidine rings is 1. The first-order valence-corrected chi connectivity index (χ1v) is 7.55. The van der Waals surface area contributed by atoms with Crippen LogP contribution in [0.2, 0.25) is 0 Å². The topological polar surface area (TPSA) is 15.3 Å². The Kier molecular flexibility index (Phi) is 3.97. The summed E-state index contributed by atoms with van der Waals surface area (Å²) < 4.78 is 38.1. The van der Waals surface area contributed by atoms with E-state index in [4.69, 9.17) is 0 Å².